The third-order valence-electron chi connectivity index (χ3n) is 3.04. The van der Waals surface area contributed by atoms with Gasteiger partial charge in [-0.1, -0.05) is 26.0 Å². The number of aliphatic hydroxyl groups excluding tert-OH is 1. The van der Waals surface area contributed by atoms with Crippen molar-refractivity contribution in [3.8, 4) is 0 Å². The normalized spacial score (nSPS) is 13.0. The zero-order valence-electron chi connectivity index (χ0n) is 11.6. The van der Waals surface area contributed by atoms with Gasteiger partial charge in [-0.25, -0.2) is 4.68 Å². The summed E-state index contributed by atoms with van der Waals surface area (Å²) in [7, 11) is 0. The highest BCUT2D eigenvalue weighted by atomic mass is 16.3. The first-order valence-corrected chi connectivity index (χ1v) is 6.62. The summed E-state index contributed by atoms with van der Waals surface area (Å²) in [5.41, 5.74) is -0.631. The molecule has 0 saturated carbocycles. The average molecular weight is 277 g/mol. The fraction of sp³-hybridized carbons (Fsp3) is 0.429. The summed E-state index contributed by atoms with van der Waals surface area (Å²) in [4.78, 5) is 24.1. The van der Waals surface area contributed by atoms with Crippen LogP contribution in [0.1, 0.15) is 13.8 Å². The van der Waals surface area contributed by atoms with Crippen LogP contribution in [-0.2, 0) is 6.54 Å². The molecule has 0 spiro atoms. The molecule has 1 aromatic heterocycles. The van der Waals surface area contributed by atoms with Crippen LogP contribution in [0, 0.1) is 0 Å². The van der Waals surface area contributed by atoms with Crippen molar-refractivity contribution in [3.63, 3.8) is 0 Å². The van der Waals surface area contributed by atoms with E-state index in [4.69, 9.17) is 0 Å². The quantitative estimate of drug-likeness (QED) is 0.720. The topological polar surface area (TPSA) is 87.1 Å². The van der Waals surface area contributed by atoms with E-state index < -0.39 is 6.10 Å². The molecule has 6 nitrogen and oxygen atoms in total. The van der Waals surface area contributed by atoms with Gasteiger partial charge in [-0.15, -0.1) is 0 Å². The molecule has 20 heavy (non-hydrogen) atoms. The Morgan fingerprint density at radius 1 is 1.25 bits per heavy atom. The Kier molecular flexibility index (Phi) is 4.36. The third kappa shape index (κ3) is 3.15. The number of rotatable bonds is 5. The summed E-state index contributed by atoms with van der Waals surface area (Å²) >= 11 is 0. The molecular weight excluding hydrogens is 258 g/mol. The van der Waals surface area contributed by atoms with E-state index in [1.165, 1.54) is 0 Å². The predicted octanol–water partition coefficient (Wildman–Crippen LogP) is 0.0487. The Morgan fingerprint density at radius 3 is 2.55 bits per heavy atom. The summed E-state index contributed by atoms with van der Waals surface area (Å²) in [5.74, 6) is 0. The van der Waals surface area contributed by atoms with Gasteiger partial charge in [0, 0.05) is 12.6 Å². The number of benzene rings is 1. The molecule has 0 saturated heterocycles. The molecule has 1 unspecified atom stereocenters. The second-order valence-electron chi connectivity index (χ2n) is 5.12. The van der Waals surface area contributed by atoms with Gasteiger partial charge >= 0.3 is 0 Å². The molecule has 1 heterocycles. The Labute approximate surface area is 116 Å². The summed E-state index contributed by atoms with van der Waals surface area (Å²) in [6.07, 6.45) is -0.744. The van der Waals surface area contributed by atoms with Crippen molar-refractivity contribution in [2.75, 3.05) is 6.54 Å². The number of aromatic amines is 1. The van der Waals surface area contributed by atoms with Crippen LogP contribution in [0.25, 0.3) is 10.8 Å². The van der Waals surface area contributed by atoms with Crippen molar-refractivity contribution in [1.29, 1.82) is 0 Å². The van der Waals surface area contributed by atoms with Gasteiger partial charge in [0.15, 0.2) is 0 Å². The summed E-state index contributed by atoms with van der Waals surface area (Å²) in [5, 5.41) is 16.2. The molecule has 0 aliphatic carbocycles. The van der Waals surface area contributed by atoms with E-state index in [0.29, 0.717) is 17.3 Å². The molecule has 0 radical (unpaired) electrons. The van der Waals surface area contributed by atoms with Crippen LogP contribution in [0.15, 0.2) is 33.9 Å². The number of nitrogens with one attached hydrogen (secondary N) is 2. The van der Waals surface area contributed by atoms with Gasteiger partial charge in [-0.05, 0) is 12.1 Å². The van der Waals surface area contributed by atoms with E-state index in [1.807, 2.05) is 13.8 Å². The van der Waals surface area contributed by atoms with Gasteiger partial charge < -0.3 is 10.4 Å². The van der Waals surface area contributed by atoms with Crippen molar-refractivity contribution in [2.45, 2.75) is 32.5 Å². The monoisotopic (exact) mass is 277 g/mol. The molecule has 2 rings (SSSR count). The zero-order valence-corrected chi connectivity index (χ0v) is 11.6. The molecule has 0 fully saturated rings. The lowest BCUT2D eigenvalue weighted by atomic mass is 10.2. The van der Waals surface area contributed by atoms with E-state index >= 15 is 0 Å². The first-order chi connectivity index (χ1) is 9.49. The Hall–Kier alpha value is -1.92. The smallest absolute Gasteiger partial charge is 0.273 e. The van der Waals surface area contributed by atoms with Crippen molar-refractivity contribution in [3.05, 3.63) is 45.0 Å². The molecule has 0 aliphatic heterocycles. The summed E-state index contributed by atoms with van der Waals surface area (Å²) in [6.45, 7) is 4.35. The van der Waals surface area contributed by atoms with Crippen LogP contribution in [0.2, 0.25) is 0 Å². The lowest BCUT2D eigenvalue weighted by Gasteiger charge is -2.15. The Balaban J connectivity index is 2.29. The van der Waals surface area contributed by atoms with Crippen molar-refractivity contribution >= 4 is 10.8 Å². The number of hydrogen-bond donors (Lipinski definition) is 3. The minimum atomic E-state index is -0.744. The van der Waals surface area contributed by atoms with Crippen LogP contribution < -0.4 is 16.4 Å². The average Bonchev–Trinajstić information content (AvgIpc) is 2.42. The lowest BCUT2D eigenvalue weighted by Crippen LogP contribution is -2.39. The predicted molar refractivity (Wildman–Crippen MR) is 78.0 cm³/mol. The van der Waals surface area contributed by atoms with E-state index in [1.54, 1.807) is 24.3 Å². The Bertz CT molecular complexity index is 703. The maximum absolute atomic E-state index is 12.2. The maximum Gasteiger partial charge on any atom is 0.273 e. The first-order valence-electron chi connectivity index (χ1n) is 6.62. The van der Waals surface area contributed by atoms with E-state index in [0.717, 1.165) is 4.68 Å². The molecule has 0 aliphatic rings. The zero-order chi connectivity index (χ0) is 14.7. The van der Waals surface area contributed by atoms with Gasteiger partial charge in [0.2, 0.25) is 0 Å². The Morgan fingerprint density at radius 2 is 1.90 bits per heavy atom. The van der Waals surface area contributed by atoms with Gasteiger partial charge in [-0.3, -0.25) is 14.7 Å². The number of aliphatic hydroxyl groups is 1. The summed E-state index contributed by atoms with van der Waals surface area (Å²) in [6, 6.07) is 6.89. The van der Waals surface area contributed by atoms with Gasteiger partial charge in [0.05, 0.1) is 23.4 Å². The van der Waals surface area contributed by atoms with Gasteiger partial charge in [0.25, 0.3) is 11.1 Å². The van der Waals surface area contributed by atoms with Crippen LogP contribution in [0.5, 0.6) is 0 Å². The lowest BCUT2D eigenvalue weighted by molar-refractivity contribution is 0.142. The summed E-state index contributed by atoms with van der Waals surface area (Å²) < 4.78 is 1.16. The van der Waals surface area contributed by atoms with Gasteiger partial charge in [0.1, 0.15) is 0 Å². The fourth-order valence-electron chi connectivity index (χ4n) is 2.02. The molecular formula is C14H19N3O3. The van der Waals surface area contributed by atoms with Crippen molar-refractivity contribution in [2.24, 2.45) is 0 Å². The van der Waals surface area contributed by atoms with Crippen molar-refractivity contribution in [1.82, 2.24) is 15.1 Å². The molecule has 2 aromatic rings. The van der Waals surface area contributed by atoms with Gasteiger partial charge in [-0.2, -0.15) is 0 Å². The highest BCUT2D eigenvalue weighted by molar-refractivity contribution is 5.80. The standard InChI is InChI=1S/C14H19N3O3/c1-9(2)15-7-10(18)8-17-14(20)12-6-4-3-5-11(12)13(19)16-17/h3-6,9-10,15,18H,7-8H2,1-2H3,(H,16,19). The number of H-pyrrole nitrogens is 1. The third-order valence-corrected chi connectivity index (χ3v) is 3.04. The van der Waals surface area contributed by atoms with Crippen LogP contribution in [0.4, 0.5) is 0 Å². The first kappa shape index (κ1) is 14.5. The highest BCUT2D eigenvalue weighted by Gasteiger charge is 2.11. The van der Waals surface area contributed by atoms with Crippen molar-refractivity contribution < 1.29 is 5.11 Å². The number of nitrogens with zero attached hydrogens (tertiary/aromatic N) is 1. The minimum Gasteiger partial charge on any atom is -0.390 e. The van der Waals surface area contributed by atoms with Crippen LogP contribution in [0.3, 0.4) is 0 Å². The number of fused-ring (bicyclic) bond motifs is 1. The number of hydrogen-bond acceptors (Lipinski definition) is 4. The highest BCUT2D eigenvalue weighted by Crippen LogP contribution is 2.02. The van der Waals surface area contributed by atoms with E-state index in [-0.39, 0.29) is 23.7 Å². The van der Waals surface area contributed by atoms with E-state index in [9.17, 15) is 14.7 Å². The largest absolute Gasteiger partial charge is 0.390 e. The SMILES string of the molecule is CC(C)NCC(O)Cn1[nH]c(=O)c2ccccc2c1=O. The fourth-order valence-corrected chi connectivity index (χ4v) is 2.02. The maximum atomic E-state index is 12.2. The number of aromatic nitrogens is 2. The molecule has 0 bridgehead atoms. The minimum absolute atomic E-state index is 0.0542. The molecule has 6 heteroatoms. The molecule has 3 N–H and O–H groups in total. The van der Waals surface area contributed by atoms with Crippen LogP contribution in [-0.4, -0.2) is 33.6 Å². The second kappa shape index (κ2) is 6.02. The molecule has 1 atom stereocenters. The molecule has 1 aromatic carbocycles. The second-order valence-corrected chi connectivity index (χ2v) is 5.12. The van der Waals surface area contributed by atoms with E-state index in [2.05, 4.69) is 10.4 Å². The molecule has 0 amide bonds. The van der Waals surface area contributed by atoms with Crippen LogP contribution >= 0.6 is 0 Å². The molecule has 108 valence electrons.